The lowest BCUT2D eigenvalue weighted by Crippen LogP contribution is -2.40. The maximum absolute atomic E-state index is 12.0. The molecular weight excluding hydrogens is 272 g/mol. The van der Waals surface area contributed by atoms with Crippen LogP contribution in [-0.4, -0.2) is 43.6 Å². The van der Waals surface area contributed by atoms with Crippen molar-refractivity contribution in [1.82, 2.24) is 10.2 Å². The second-order valence-electron chi connectivity index (χ2n) is 4.99. The molecule has 6 nitrogen and oxygen atoms in total. The van der Waals surface area contributed by atoms with Crippen LogP contribution in [-0.2, 0) is 9.53 Å². The fourth-order valence-corrected chi connectivity index (χ4v) is 2.30. The van der Waals surface area contributed by atoms with E-state index in [4.69, 9.17) is 4.42 Å². The third kappa shape index (κ3) is 4.66. The summed E-state index contributed by atoms with van der Waals surface area (Å²) in [5, 5.41) is 2.70. The molecule has 0 aliphatic carbocycles. The minimum atomic E-state index is -0.408. The summed E-state index contributed by atoms with van der Waals surface area (Å²) in [5.74, 6) is 1.05. The molecule has 1 aromatic rings. The van der Waals surface area contributed by atoms with Crippen molar-refractivity contribution >= 4 is 18.1 Å². The van der Waals surface area contributed by atoms with Crippen LogP contribution < -0.4 is 5.32 Å². The average molecular weight is 292 g/mol. The molecule has 2 amide bonds. The standard InChI is InChI=1S/C15H20N2O4/c1-20-15(19)16-11-12-6-8-17(9-7-12)14(18)5-4-13-3-2-10-21-13/h2-5,10,12H,6-9,11H2,1H3,(H,16,19)/b5-4+. The quantitative estimate of drug-likeness (QED) is 0.860. The molecule has 1 fully saturated rings. The van der Waals surface area contributed by atoms with Crippen molar-refractivity contribution < 1.29 is 18.7 Å². The molecule has 21 heavy (non-hydrogen) atoms. The zero-order valence-corrected chi connectivity index (χ0v) is 12.1. The van der Waals surface area contributed by atoms with Gasteiger partial charge < -0.3 is 19.4 Å². The van der Waals surface area contributed by atoms with Crippen LogP contribution in [0.25, 0.3) is 6.08 Å². The van der Waals surface area contributed by atoms with Gasteiger partial charge in [-0.25, -0.2) is 4.79 Å². The molecule has 1 N–H and O–H groups in total. The monoisotopic (exact) mass is 292 g/mol. The lowest BCUT2D eigenvalue weighted by atomic mass is 9.97. The van der Waals surface area contributed by atoms with Gasteiger partial charge in [-0.15, -0.1) is 0 Å². The largest absolute Gasteiger partial charge is 0.465 e. The predicted molar refractivity (Wildman–Crippen MR) is 77.5 cm³/mol. The number of carbonyl (C=O) groups is 2. The van der Waals surface area contributed by atoms with Gasteiger partial charge in [0.15, 0.2) is 0 Å². The summed E-state index contributed by atoms with van der Waals surface area (Å²) in [6.07, 6.45) is 6.13. The first kappa shape index (κ1) is 15.2. The van der Waals surface area contributed by atoms with Gasteiger partial charge in [-0.2, -0.15) is 0 Å². The van der Waals surface area contributed by atoms with Crippen LogP contribution in [0.15, 0.2) is 28.9 Å². The fraction of sp³-hybridized carbons (Fsp3) is 0.467. The zero-order chi connectivity index (χ0) is 15.1. The van der Waals surface area contributed by atoms with Crippen molar-refractivity contribution in [1.29, 1.82) is 0 Å². The maximum Gasteiger partial charge on any atom is 0.406 e. The van der Waals surface area contributed by atoms with Crippen molar-refractivity contribution in [2.45, 2.75) is 12.8 Å². The normalized spacial score (nSPS) is 16.1. The number of likely N-dealkylation sites (tertiary alicyclic amines) is 1. The summed E-state index contributed by atoms with van der Waals surface area (Å²) < 4.78 is 9.68. The van der Waals surface area contributed by atoms with E-state index in [9.17, 15) is 9.59 Å². The van der Waals surface area contributed by atoms with Gasteiger partial charge in [-0.05, 0) is 37.0 Å². The van der Waals surface area contributed by atoms with Crippen LogP contribution in [0.5, 0.6) is 0 Å². The Morgan fingerprint density at radius 2 is 2.24 bits per heavy atom. The highest BCUT2D eigenvalue weighted by atomic mass is 16.5. The van der Waals surface area contributed by atoms with E-state index in [2.05, 4.69) is 10.1 Å². The van der Waals surface area contributed by atoms with Crippen molar-refractivity contribution in [2.24, 2.45) is 5.92 Å². The van der Waals surface area contributed by atoms with Gasteiger partial charge in [-0.3, -0.25) is 4.79 Å². The smallest absolute Gasteiger partial charge is 0.406 e. The Balaban J connectivity index is 1.73. The van der Waals surface area contributed by atoms with Crippen molar-refractivity contribution in [3.8, 4) is 0 Å². The predicted octanol–water partition coefficient (Wildman–Crippen LogP) is 1.89. The van der Waals surface area contributed by atoms with Crippen LogP contribution in [0.2, 0.25) is 0 Å². The van der Waals surface area contributed by atoms with Crippen molar-refractivity contribution in [2.75, 3.05) is 26.7 Å². The molecule has 1 saturated heterocycles. The number of furan rings is 1. The third-order valence-electron chi connectivity index (χ3n) is 3.58. The summed E-state index contributed by atoms with van der Waals surface area (Å²) in [7, 11) is 1.35. The molecular formula is C15H20N2O4. The molecule has 114 valence electrons. The number of amides is 2. The van der Waals surface area contributed by atoms with E-state index in [1.807, 2.05) is 4.90 Å². The number of rotatable bonds is 4. The van der Waals surface area contributed by atoms with E-state index < -0.39 is 6.09 Å². The first-order valence-corrected chi connectivity index (χ1v) is 7.01. The molecule has 2 rings (SSSR count). The zero-order valence-electron chi connectivity index (χ0n) is 12.1. The molecule has 0 atom stereocenters. The van der Waals surface area contributed by atoms with Crippen LogP contribution >= 0.6 is 0 Å². The topological polar surface area (TPSA) is 71.8 Å². The molecule has 0 saturated carbocycles. The molecule has 1 aliphatic rings. The number of ether oxygens (including phenoxy) is 1. The Hall–Kier alpha value is -2.24. The third-order valence-corrected chi connectivity index (χ3v) is 3.58. The van der Waals surface area contributed by atoms with E-state index in [1.54, 1.807) is 24.5 Å². The van der Waals surface area contributed by atoms with Crippen LogP contribution in [0.4, 0.5) is 4.79 Å². The Labute approximate surface area is 123 Å². The second kappa shape index (κ2) is 7.52. The van der Waals surface area contributed by atoms with E-state index in [0.29, 0.717) is 31.3 Å². The molecule has 6 heteroatoms. The Morgan fingerprint density at radius 1 is 1.48 bits per heavy atom. The molecule has 0 radical (unpaired) electrons. The highest BCUT2D eigenvalue weighted by Gasteiger charge is 2.21. The Bertz CT molecular complexity index is 488. The first-order valence-electron chi connectivity index (χ1n) is 7.01. The summed E-state index contributed by atoms with van der Waals surface area (Å²) in [6.45, 7) is 2.00. The van der Waals surface area contributed by atoms with Crippen LogP contribution in [0.1, 0.15) is 18.6 Å². The van der Waals surface area contributed by atoms with Crippen LogP contribution in [0, 0.1) is 5.92 Å². The number of alkyl carbamates (subject to hydrolysis) is 1. The first-order chi connectivity index (χ1) is 10.2. The number of methoxy groups -OCH3 is 1. The maximum atomic E-state index is 12.0. The van der Waals surface area contributed by atoms with Gasteiger partial charge in [0.2, 0.25) is 5.91 Å². The highest BCUT2D eigenvalue weighted by molar-refractivity contribution is 5.91. The Kier molecular flexibility index (Phi) is 5.43. The lowest BCUT2D eigenvalue weighted by molar-refractivity contribution is -0.127. The molecule has 0 bridgehead atoms. The van der Waals surface area contributed by atoms with Gasteiger partial charge in [-0.1, -0.05) is 0 Å². The number of nitrogens with zero attached hydrogens (tertiary/aromatic N) is 1. The number of hydrogen-bond donors (Lipinski definition) is 1. The SMILES string of the molecule is COC(=O)NCC1CCN(C(=O)/C=C/c2ccco2)CC1. The van der Waals surface area contributed by atoms with E-state index >= 15 is 0 Å². The molecule has 0 unspecified atom stereocenters. The molecule has 2 heterocycles. The molecule has 0 aromatic carbocycles. The van der Waals surface area contributed by atoms with E-state index in [0.717, 1.165) is 12.8 Å². The summed E-state index contributed by atoms with van der Waals surface area (Å²) in [4.78, 5) is 24.8. The summed E-state index contributed by atoms with van der Waals surface area (Å²) in [5.41, 5.74) is 0. The Morgan fingerprint density at radius 3 is 2.86 bits per heavy atom. The number of carbonyl (C=O) groups excluding carboxylic acids is 2. The number of nitrogens with one attached hydrogen (secondary N) is 1. The van der Waals surface area contributed by atoms with Gasteiger partial charge >= 0.3 is 6.09 Å². The van der Waals surface area contributed by atoms with Gasteiger partial charge in [0.1, 0.15) is 5.76 Å². The van der Waals surface area contributed by atoms with Gasteiger partial charge in [0.05, 0.1) is 13.4 Å². The summed E-state index contributed by atoms with van der Waals surface area (Å²) in [6, 6.07) is 3.58. The fourth-order valence-electron chi connectivity index (χ4n) is 2.30. The molecule has 1 aromatic heterocycles. The highest BCUT2D eigenvalue weighted by Crippen LogP contribution is 2.17. The lowest BCUT2D eigenvalue weighted by Gasteiger charge is -2.31. The van der Waals surface area contributed by atoms with Crippen LogP contribution in [0.3, 0.4) is 0 Å². The minimum Gasteiger partial charge on any atom is -0.465 e. The summed E-state index contributed by atoms with van der Waals surface area (Å²) >= 11 is 0. The van der Waals surface area contributed by atoms with E-state index in [-0.39, 0.29) is 5.91 Å². The molecule has 1 aliphatic heterocycles. The second-order valence-corrected chi connectivity index (χ2v) is 4.99. The number of piperidine rings is 1. The number of hydrogen-bond acceptors (Lipinski definition) is 4. The molecule has 0 spiro atoms. The van der Waals surface area contributed by atoms with Gasteiger partial charge in [0.25, 0.3) is 0 Å². The minimum absolute atomic E-state index is 0.00854. The van der Waals surface area contributed by atoms with Crippen molar-refractivity contribution in [3.63, 3.8) is 0 Å². The average Bonchev–Trinajstić information content (AvgIpc) is 3.04. The van der Waals surface area contributed by atoms with E-state index in [1.165, 1.54) is 13.2 Å². The van der Waals surface area contributed by atoms with Crippen molar-refractivity contribution in [3.05, 3.63) is 30.2 Å². The van der Waals surface area contributed by atoms with Gasteiger partial charge in [0, 0.05) is 25.7 Å².